The molecule has 0 saturated carbocycles. The molecule has 0 aliphatic carbocycles. The van der Waals surface area contributed by atoms with E-state index in [9.17, 15) is 19.5 Å². The van der Waals surface area contributed by atoms with Crippen LogP contribution in [0.15, 0.2) is 0 Å². The normalized spacial score (nSPS) is 23.3. The number of amides is 2. The topological polar surface area (TPSA) is 107 Å². The number of aliphatic hydroxyl groups excluding tert-OH is 1. The molecule has 3 N–H and O–H groups in total. The van der Waals surface area contributed by atoms with E-state index in [1.165, 1.54) is 0 Å². The van der Waals surface area contributed by atoms with Gasteiger partial charge in [-0.25, -0.2) is 4.79 Å². The molecule has 0 spiro atoms. The summed E-state index contributed by atoms with van der Waals surface area (Å²) in [5.41, 5.74) is -0.614. The zero-order valence-electron chi connectivity index (χ0n) is 11.3. The van der Waals surface area contributed by atoms with Gasteiger partial charge in [-0.1, -0.05) is 20.8 Å². The third-order valence-corrected chi connectivity index (χ3v) is 2.97. The molecule has 2 atom stereocenters. The number of aliphatic hydroxyl groups is 1. The van der Waals surface area contributed by atoms with E-state index in [-0.39, 0.29) is 25.4 Å². The quantitative estimate of drug-likeness (QED) is 0.623. The number of carbonyl (C=O) groups excluding carboxylic acids is 2. The van der Waals surface area contributed by atoms with Gasteiger partial charge in [0.15, 0.2) is 0 Å². The maximum atomic E-state index is 11.9. The molecule has 1 fully saturated rings. The lowest BCUT2D eigenvalue weighted by Gasteiger charge is -2.23. The first kappa shape index (κ1) is 15.4. The first-order chi connectivity index (χ1) is 8.62. The maximum absolute atomic E-state index is 11.9. The molecule has 108 valence electrons. The lowest BCUT2D eigenvalue weighted by molar-refractivity contribution is -0.148. The summed E-state index contributed by atoms with van der Waals surface area (Å²) >= 11 is 0. The van der Waals surface area contributed by atoms with Crippen LogP contribution in [0.3, 0.4) is 0 Å². The molecule has 0 radical (unpaired) electrons. The van der Waals surface area contributed by atoms with Crippen molar-refractivity contribution in [1.82, 2.24) is 10.2 Å². The van der Waals surface area contributed by atoms with E-state index in [0.717, 1.165) is 4.90 Å². The molecule has 1 aliphatic heterocycles. The van der Waals surface area contributed by atoms with Crippen LogP contribution in [-0.2, 0) is 14.4 Å². The van der Waals surface area contributed by atoms with Gasteiger partial charge in [-0.15, -0.1) is 0 Å². The average molecular weight is 272 g/mol. The fourth-order valence-corrected chi connectivity index (χ4v) is 1.85. The van der Waals surface area contributed by atoms with Crippen molar-refractivity contribution in [2.24, 2.45) is 5.41 Å². The third kappa shape index (κ3) is 3.92. The van der Waals surface area contributed by atoms with Crippen LogP contribution in [-0.4, -0.2) is 58.1 Å². The second-order valence-electron chi connectivity index (χ2n) is 5.72. The Morgan fingerprint density at radius 1 is 1.32 bits per heavy atom. The minimum absolute atomic E-state index is 0.0127. The van der Waals surface area contributed by atoms with Gasteiger partial charge in [0.05, 0.1) is 12.6 Å². The van der Waals surface area contributed by atoms with Crippen molar-refractivity contribution in [2.45, 2.75) is 39.3 Å². The van der Waals surface area contributed by atoms with Crippen molar-refractivity contribution in [1.29, 1.82) is 0 Å². The maximum Gasteiger partial charge on any atom is 0.326 e. The number of rotatable bonds is 3. The molecule has 0 aromatic heterocycles. The summed E-state index contributed by atoms with van der Waals surface area (Å²) in [4.78, 5) is 35.6. The van der Waals surface area contributed by atoms with Crippen LogP contribution < -0.4 is 5.32 Å². The molecule has 2 amide bonds. The molecule has 1 saturated heterocycles. The van der Waals surface area contributed by atoms with Crippen molar-refractivity contribution >= 4 is 17.8 Å². The number of carboxylic acid groups (broad SMARTS) is 1. The Bertz CT molecular complexity index is 388. The molecule has 7 nitrogen and oxygen atoms in total. The van der Waals surface area contributed by atoms with Crippen LogP contribution in [0.5, 0.6) is 0 Å². The van der Waals surface area contributed by atoms with Gasteiger partial charge in [-0.05, 0) is 0 Å². The Morgan fingerprint density at radius 2 is 1.89 bits per heavy atom. The first-order valence-corrected chi connectivity index (χ1v) is 6.11. The Morgan fingerprint density at radius 3 is 2.37 bits per heavy atom. The first-order valence-electron chi connectivity index (χ1n) is 6.11. The number of nitrogens with one attached hydrogen (secondary N) is 1. The zero-order chi connectivity index (χ0) is 14.8. The molecule has 0 bridgehead atoms. The van der Waals surface area contributed by atoms with Gasteiger partial charge in [0, 0.05) is 18.4 Å². The van der Waals surface area contributed by atoms with E-state index < -0.39 is 29.4 Å². The van der Waals surface area contributed by atoms with Crippen LogP contribution in [0.4, 0.5) is 0 Å². The molecule has 1 rings (SSSR count). The zero-order valence-corrected chi connectivity index (χ0v) is 11.3. The Labute approximate surface area is 111 Å². The molecule has 0 aromatic carbocycles. The van der Waals surface area contributed by atoms with E-state index in [2.05, 4.69) is 5.32 Å². The van der Waals surface area contributed by atoms with E-state index in [1.807, 2.05) is 0 Å². The van der Waals surface area contributed by atoms with Crippen LogP contribution in [0, 0.1) is 5.41 Å². The van der Waals surface area contributed by atoms with Gasteiger partial charge in [0.2, 0.25) is 11.8 Å². The van der Waals surface area contributed by atoms with Crippen LogP contribution in [0.2, 0.25) is 0 Å². The Kier molecular flexibility index (Phi) is 4.52. The predicted octanol–water partition coefficient (Wildman–Crippen LogP) is -0.805. The summed E-state index contributed by atoms with van der Waals surface area (Å²) in [6.07, 6.45) is -0.808. The highest BCUT2D eigenvalue weighted by molar-refractivity contribution is 5.89. The monoisotopic (exact) mass is 272 g/mol. The summed E-state index contributed by atoms with van der Waals surface area (Å²) in [5.74, 6) is -1.93. The van der Waals surface area contributed by atoms with Crippen LogP contribution in [0.25, 0.3) is 0 Å². The average Bonchev–Trinajstić information content (AvgIpc) is 2.66. The minimum atomic E-state index is -1.15. The number of nitrogens with zero attached hydrogens (tertiary/aromatic N) is 1. The van der Waals surface area contributed by atoms with Crippen molar-refractivity contribution in [3.8, 4) is 0 Å². The van der Waals surface area contributed by atoms with Gasteiger partial charge in [-0.2, -0.15) is 0 Å². The number of hydrogen-bond donors (Lipinski definition) is 3. The number of carbonyl (C=O) groups is 3. The SMILES string of the molecule is CC(C)(C)C(=O)NCC(=O)N1C[C@@H](O)C[C@H]1C(=O)O. The van der Waals surface area contributed by atoms with Crippen molar-refractivity contribution in [3.63, 3.8) is 0 Å². The fraction of sp³-hybridized carbons (Fsp3) is 0.750. The van der Waals surface area contributed by atoms with Gasteiger partial charge < -0.3 is 20.4 Å². The largest absolute Gasteiger partial charge is 0.480 e. The lowest BCUT2D eigenvalue weighted by Crippen LogP contribution is -2.47. The number of carboxylic acids is 1. The predicted molar refractivity (Wildman–Crippen MR) is 66.2 cm³/mol. The highest BCUT2D eigenvalue weighted by Crippen LogP contribution is 2.18. The van der Waals surface area contributed by atoms with E-state index in [4.69, 9.17) is 5.11 Å². The highest BCUT2D eigenvalue weighted by atomic mass is 16.4. The Balaban J connectivity index is 2.58. The van der Waals surface area contributed by atoms with Gasteiger partial charge in [0.25, 0.3) is 0 Å². The van der Waals surface area contributed by atoms with Gasteiger partial charge in [0.1, 0.15) is 6.04 Å². The standard InChI is InChI=1S/C12H20N2O5/c1-12(2,3)11(19)13-5-9(16)14-6-7(15)4-8(14)10(17)18/h7-8,15H,4-6H2,1-3H3,(H,13,19)(H,17,18)/t7-,8-/m0/s1. The Hall–Kier alpha value is -1.63. The summed E-state index contributed by atoms with van der Waals surface area (Å²) < 4.78 is 0. The highest BCUT2D eigenvalue weighted by Gasteiger charge is 2.38. The van der Waals surface area contributed by atoms with Crippen LogP contribution >= 0.6 is 0 Å². The van der Waals surface area contributed by atoms with E-state index >= 15 is 0 Å². The van der Waals surface area contributed by atoms with Crippen LogP contribution in [0.1, 0.15) is 27.2 Å². The smallest absolute Gasteiger partial charge is 0.326 e. The molecule has 7 heteroatoms. The van der Waals surface area contributed by atoms with E-state index in [0.29, 0.717) is 0 Å². The second-order valence-corrected chi connectivity index (χ2v) is 5.72. The van der Waals surface area contributed by atoms with E-state index in [1.54, 1.807) is 20.8 Å². The lowest BCUT2D eigenvalue weighted by atomic mass is 9.96. The van der Waals surface area contributed by atoms with Crippen molar-refractivity contribution in [2.75, 3.05) is 13.1 Å². The molecular formula is C12H20N2O5. The molecular weight excluding hydrogens is 252 g/mol. The number of hydrogen-bond acceptors (Lipinski definition) is 4. The molecule has 0 unspecified atom stereocenters. The summed E-state index contributed by atoms with van der Waals surface area (Å²) in [7, 11) is 0. The summed E-state index contributed by atoms with van der Waals surface area (Å²) in [5, 5.41) is 20.9. The molecule has 1 aliphatic rings. The number of β-amino-alcohol motifs (C(OH)–C–C–N with tert-alkyl or cyclic N) is 1. The third-order valence-electron chi connectivity index (χ3n) is 2.97. The summed E-state index contributed by atoms with van der Waals surface area (Å²) in [6.45, 7) is 4.87. The number of aliphatic carboxylic acids is 1. The van der Waals surface area contributed by atoms with Crippen molar-refractivity contribution in [3.05, 3.63) is 0 Å². The minimum Gasteiger partial charge on any atom is -0.480 e. The summed E-state index contributed by atoms with van der Waals surface area (Å²) in [6, 6.07) is -1.02. The second kappa shape index (κ2) is 5.56. The fourth-order valence-electron chi connectivity index (χ4n) is 1.85. The van der Waals surface area contributed by atoms with Gasteiger partial charge in [-0.3, -0.25) is 9.59 Å². The number of likely N-dealkylation sites (tertiary alicyclic amines) is 1. The van der Waals surface area contributed by atoms with Crippen molar-refractivity contribution < 1.29 is 24.6 Å². The molecule has 1 heterocycles. The molecule has 0 aromatic rings. The molecule has 19 heavy (non-hydrogen) atoms. The van der Waals surface area contributed by atoms with Gasteiger partial charge >= 0.3 is 5.97 Å².